The number of hydrogen-bond acceptors (Lipinski definition) is 4. The molecule has 0 radical (unpaired) electrons. The summed E-state index contributed by atoms with van der Waals surface area (Å²) in [5.41, 5.74) is 0. The fourth-order valence-corrected chi connectivity index (χ4v) is 1.97. The fraction of sp³-hybridized carbons (Fsp3) is 0.429. The van der Waals surface area contributed by atoms with Gasteiger partial charge in [0.1, 0.15) is 5.75 Å². The third kappa shape index (κ3) is 2.53. The first-order chi connectivity index (χ1) is 8.83. The minimum atomic E-state index is 0.352. The van der Waals surface area contributed by atoms with Crippen molar-refractivity contribution in [3.8, 4) is 5.75 Å². The summed E-state index contributed by atoms with van der Waals surface area (Å²) in [5.74, 6) is 3.28. The Morgan fingerprint density at radius 2 is 2.11 bits per heavy atom. The van der Waals surface area contributed by atoms with Gasteiger partial charge in [0.25, 0.3) is 0 Å². The maximum absolute atomic E-state index is 5.58. The average molecular weight is 244 g/mol. The van der Waals surface area contributed by atoms with Gasteiger partial charge in [-0.05, 0) is 30.9 Å². The summed E-state index contributed by atoms with van der Waals surface area (Å²) in [6.45, 7) is 2.50. The Hall–Kier alpha value is -1.84. The Bertz CT molecular complexity index is 506. The third-order valence-electron chi connectivity index (χ3n) is 3.31. The van der Waals surface area contributed by atoms with Gasteiger partial charge in [0.05, 0.1) is 0 Å². The average Bonchev–Trinajstić information content (AvgIpc) is 3.15. The highest BCUT2D eigenvalue weighted by molar-refractivity contribution is 5.20. The number of aromatic nitrogens is 2. The molecule has 94 valence electrons. The minimum Gasteiger partial charge on any atom is -0.485 e. The van der Waals surface area contributed by atoms with Crippen molar-refractivity contribution >= 4 is 0 Å². The highest BCUT2D eigenvalue weighted by Crippen LogP contribution is 2.41. The number of ether oxygens (including phenoxy) is 1. The molecule has 2 aromatic rings. The first kappa shape index (κ1) is 11.3. The van der Waals surface area contributed by atoms with Gasteiger partial charge in [-0.2, -0.15) is 4.98 Å². The second-order valence-corrected chi connectivity index (χ2v) is 4.78. The van der Waals surface area contributed by atoms with E-state index in [1.54, 1.807) is 0 Å². The van der Waals surface area contributed by atoms with Crippen LogP contribution in [0.2, 0.25) is 0 Å². The van der Waals surface area contributed by atoms with E-state index < -0.39 is 0 Å². The Balaban J connectivity index is 1.60. The van der Waals surface area contributed by atoms with Gasteiger partial charge in [0.15, 0.2) is 6.61 Å². The van der Waals surface area contributed by atoms with Crippen LogP contribution in [-0.4, -0.2) is 10.1 Å². The van der Waals surface area contributed by atoms with E-state index in [-0.39, 0.29) is 0 Å². The van der Waals surface area contributed by atoms with Gasteiger partial charge in [0, 0.05) is 5.92 Å². The normalized spacial score (nSPS) is 16.5. The molecule has 3 rings (SSSR count). The Kier molecular flexibility index (Phi) is 3.00. The molecule has 1 aliphatic rings. The number of hydrogen-bond donors (Lipinski definition) is 0. The first-order valence-corrected chi connectivity index (χ1v) is 6.33. The SMILES string of the molecule is C[C@@H](c1nc(COc2ccccc2)no1)C1CC1. The summed E-state index contributed by atoms with van der Waals surface area (Å²) in [6, 6.07) is 9.65. The molecular weight excluding hydrogens is 228 g/mol. The van der Waals surface area contributed by atoms with Crippen LogP contribution in [0.5, 0.6) is 5.75 Å². The quantitative estimate of drug-likeness (QED) is 0.810. The molecule has 0 aliphatic heterocycles. The second-order valence-electron chi connectivity index (χ2n) is 4.78. The van der Waals surface area contributed by atoms with Crippen molar-refractivity contribution in [1.29, 1.82) is 0 Å². The zero-order valence-corrected chi connectivity index (χ0v) is 10.4. The molecule has 1 aromatic carbocycles. The molecule has 1 fully saturated rings. The van der Waals surface area contributed by atoms with Crippen LogP contribution >= 0.6 is 0 Å². The predicted octanol–water partition coefficient (Wildman–Crippen LogP) is 3.16. The second kappa shape index (κ2) is 4.80. The first-order valence-electron chi connectivity index (χ1n) is 6.33. The standard InChI is InChI=1S/C14H16N2O2/c1-10(11-7-8-11)14-15-13(16-18-14)9-17-12-5-3-2-4-6-12/h2-6,10-11H,7-9H2,1H3/t10-/m1/s1. The largest absolute Gasteiger partial charge is 0.485 e. The number of rotatable bonds is 5. The Labute approximate surface area is 106 Å². The van der Waals surface area contributed by atoms with Crippen LogP contribution in [0.15, 0.2) is 34.9 Å². The van der Waals surface area contributed by atoms with Crippen LogP contribution < -0.4 is 4.74 Å². The van der Waals surface area contributed by atoms with E-state index in [4.69, 9.17) is 9.26 Å². The van der Waals surface area contributed by atoms with Crippen LogP contribution in [0.3, 0.4) is 0 Å². The highest BCUT2D eigenvalue weighted by Gasteiger charge is 2.32. The van der Waals surface area contributed by atoms with E-state index in [0.29, 0.717) is 18.3 Å². The maximum Gasteiger partial charge on any atom is 0.229 e. The summed E-state index contributed by atoms with van der Waals surface area (Å²) in [4.78, 5) is 4.38. The molecule has 1 saturated carbocycles. The summed E-state index contributed by atoms with van der Waals surface area (Å²) in [6.07, 6.45) is 2.55. The highest BCUT2D eigenvalue weighted by atomic mass is 16.5. The fourth-order valence-electron chi connectivity index (χ4n) is 1.97. The van der Waals surface area contributed by atoms with E-state index in [2.05, 4.69) is 17.1 Å². The predicted molar refractivity (Wildman–Crippen MR) is 66.2 cm³/mol. The van der Waals surface area contributed by atoms with Crippen molar-refractivity contribution in [3.63, 3.8) is 0 Å². The molecule has 1 atom stereocenters. The summed E-state index contributed by atoms with van der Waals surface area (Å²) in [5, 5.41) is 3.95. The van der Waals surface area contributed by atoms with Crippen molar-refractivity contribution in [2.45, 2.75) is 32.3 Å². The number of nitrogens with zero attached hydrogens (tertiary/aromatic N) is 2. The van der Waals surface area contributed by atoms with E-state index in [9.17, 15) is 0 Å². The zero-order valence-electron chi connectivity index (χ0n) is 10.4. The molecule has 0 N–H and O–H groups in total. The lowest BCUT2D eigenvalue weighted by atomic mass is 10.1. The molecule has 4 heteroatoms. The van der Waals surface area contributed by atoms with Crippen LogP contribution in [0.25, 0.3) is 0 Å². The molecule has 4 nitrogen and oxygen atoms in total. The van der Waals surface area contributed by atoms with Gasteiger partial charge in [0.2, 0.25) is 11.7 Å². The Morgan fingerprint density at radius 3 is 2.83 bits per heavy atom. The molecule has 0 amide bonds. The van der Waals surface area contributed by atoms with Gasteiger partial charge in [-0.1, -0.05) is 30.3 Å². The van der Waals surface area contributed by atoms with Gasteiger partial charge in [-0.25, -0.2) is 0 Å². The molecule has 0 spiro atoms. The lowest BCUT2D eigenvalue weighted by Gasteiger charge is -2.02. The molecule has 0 unspecified atom stereocenters. The van der Waals surface area contributed by atoms with Crippen molar-refractivity contribution < 1.29 is 9.26 Å². The van der Waals surface area contributed by atoms with Crippen LogP contribution in [-0.2, 0) is 6.61 Å². The van der Waals surface area contributed by atoms with Crippen molar-refractivity contribution in [1.82, 2.24) is 10.1 Å². The number of para-hydroxylation sites is 1. The lowest BCUT2D eigenvalue weighted by Crippen LogP contribution is -1.99. The smallest absolute Gasteiger partial charge is 0.229 e. The molecule has 0 saturated heterocycles. The molecular formula is C14H16N2O2. The minimum absolute atomic E-state index is 0.352. The van der Waals surface area contributed by atoms with E-state index >= 15 is 0 Å². The van der Waals surface area contributed by atoms with Crippen molar-refractivity contribution in [2.24, 2.45) is 5.92 Å². The van der Waals surface area contributed by atoms with Gasteiger partial charge < -0.3 is 9.26 Å². The van der Waals surface area contributed by atoms with Crippen molar-refractivity contribution in [3.05, 3.63) is 42.0 Å². The summed E-state index contributed by atoms with van der Waals surface area (Å²) < 4.78 is 10.9. The van der Waals surface area contributed by atoms with Crippen molar-refractivity contribution in [2.75, 3.05) is 0 Å². The molecule has 1 aliphatic carbocycles. The van der Waals surface area contributed by atoms with Gasteiger partial charge in [-0.3, -0.25) is 0 Å². The molecule has 1 aromatic heterocycles. The summed E-state index contributed by atoms with van der Waals surface area (Å²) >= 11 is 0. The Morgan fingerprint density at radius 1 is 1.33 bits per heavy atom. The molecule has 0 bridgehead atoms. The lowest BCUT2D eigenvalue weighted by molar-refractivity contribution is 0.283. The van der Waals surface area contributed by atoms with E-state index in [0.717, 1.165) is 17.6 Å². The monoisotopic (exact) mass is 244 g/mol. The van der Waals surface area contributed by atoms with Gasteiger partial charge >= 0.3 is 0 Å². The topological polar surface area (TPSA) is 48.2 Å². The maximum atomic E-state index is 5.58. The molecule has 18 heavy (non-hydrogen) atoms. The van der Waals surface area contributed by atoms with Crippen LogP contribution in [0.1, 0.15) is 37.4 Å². The third-order valence-corrected chi connectivity index (χ3v) is 3.31. The van der Waals surface area contributed by atoms with E-state index in [1.807, 2.05) is 30.3 Å². The van der Waals surface area contributed by atoms with Crippen LogP contribution in [0.4, 0.5) is 0 Å². The summed E-state index contributed by atoms with van der Waals surface area (Å²) in [7, 11) is 0. The van der Waals surface area contributed by atoms with Crippen LogP contribution in [0, 0.1) is 5.92 Å². The van der Waals surface area contributed by atoms with E-state index in [1.165, 1.54) is 12.8 Å². The number of benzene rings is 1. The van der Waals surface area contributed by atoms with Gasteiger partial charge in [-0.15, -0.1) is 0 Å². The zero-order chi connectivity index (χ0) is 12.4. The molecule has 1 heterocycles.